The maximum atomic E-state index is 5.44. The molecule has 4 nitrogen and oxygen atoms in total. The largest absolute Gasteiger partial charge is 1.00 e. The van der Waals surface area contributed by atoms with E-state index < -0.39 is 0 Å². The van der Waals surface area contributed by atoms with Gasteiger partial charge in [0.25, 0.3) is 5.13 Å². The number of halogens is 1. The average molecular weight is 233 g/mol. The van der Waals surface area contributed by atoms with Gasteiger partial charge in [-0.1, -0.05) is 4.98 Å². The molecule has 0 amide bonds. The minimum Gasteiger partial charge on any atom is -1.00 e. The van der Waals surface area contributed by atoms with Crippen molar-refractivity contribution in [2.75, 3.05) is 5.73 Å². The van der Waals surface area contributed by atoms with E-state index in [1.807, 2.05) is 16.1 Å². The highest BCUT2D eigenvalue weighted by Crippen LogP contribution is 2.01. The van der Waals surface area contributed by atoms with Crippen LogP contribution in [0.25, 0.3) is 5.78 Å². The Morgan fingerprint density at radius 3 is 3.09 bits per heavy atom. The second-order valence-electron chi connectivity index (χ2n) is 1.79. The Bertz CT molecular complexity index is 327. The third kappa shape index (κ3) is 1.46. The van der Waals surface area contributed by atoms with E-state index in [0.717, 1.165) is 0 Å². The summed E-state index contributed by atoms with van der Waals surface area (Å²) in [6, 6.07) is 1.84. The molecular formula is C5H5BrN4S. The molecule has 0 saturated carbocycles. The minimum absolute atomic E-state index is 0. The number of aromatic nitrogens is 3. The fourth-order valence-electron chi connectivity index (χ4n) is 0.719. The Labute approximate surface area is 77.6 Å². The summed E-state index contributed by atoms with van der Waals surface area (Å²) in [5.74, 6) is 0.657. The number of hydrogen-bond donors (Lipinski definition) is 1. The van der Waals surface area contributed by atoms with Crippen molar-refractivity contribution in [1.82, 2.24) is 9.97 Å². The zero-order chi connectivity index (χ0) is 6.97. The van der Waals surface area contributed by atoms with E-state index >= 15 is 0 Å². The van der Waals surface area contributed by atoms with Gasteiger partial charge in [0.05, 0.1) is 17.7 Å². The molecule has 6 heteroatoms. The van der Waals surface area contributed by atoms with Gasteiger partial charge in [-0.25, -0.2) is 0 Å². The molecule has 0 atom stereocenters. The van der Waals surface area contributed by atoms with Crippen molar-refractivity contribution in [3.05, 3.63) is 18.5 Å². The van der Waals surface area contributed by atoms with Crippen LogP contribution in [-0.4, -0.2) is 9.97 Å². The monoisotopic (exact) mass is 232 g/mol. The lowest BCUT2D eigenvalue weighted by Gasteiger charge is -1.73. The summed E-state index contributed by atoms with van der Waals surface area (Å²) in [6.07, 6.45) is 3.56. The highest BCUT2D eigenvalue weighted by molar-refractivity contribution is 7.05. The summed E-state index contributed by atoms with van der Waals surface area (Å²) in [7, 11) is 0. The summed E-state index contributed by atoms with van der Waals surface area (Å²) in [5.41, 5.74) is 5.44. The summed E-state index contributed by atoms with van der Waals surface area (Å²) < 4.78 is 1.81. The van der Waals surface area contributed by atoms with E-state index in [9.17, 15) is 0 Å². The van der Waals surface area contributed by atoms with Gasteiger partial charge in [-0.15, -0.1) is 3.79 Å². The van der Waals surface area contributed by atoms with Gasteiger partial charge < -0.3 is 22.7 Å². The van der Waals surface area contributed by atoms with Crippen LogP contribution in [0.3, 0.4) is 0 Å². The van der Waals surface area contributed by atoms with E-state index in [0.29, 0.717) is 10.9 Å². The third-order valence-corrected chi connectivity index (χ3v) is 1.86. The normalized spacial score (nSPS) is 9.45. The number of anilines is 1. The molecule has 0 radical (unpaired) electrons. The Morgan fingerprint density at radius 2 is 2.36 bits per heavy atom. The lowest BCUT2D eigenvalue weighted by molar-refractivity contribution is -0.436. The summed E-state index contributed by atoms with van der Waals surface area (Å²) in [4.78, 5) is 7.95. The standard InChI is InChI=1S/C5H4N4S.BrH/c6-4-8-5-7-2-1-3-9(5)10-4;/h1-3,6H;1H. The minimum atomic E-state index is 0. The van der Waals surface area contributed by atoms with Crippen molar-refractivity contribution in [2.45, 2.75) is 0 Å². The van der Waals surface area contributed by atoms with Crippen molar-refractivity contribution in [2.24, 2.45) is 0 Å². The molecule has 0 unspecified atom stereocenters. The van der Waals surface area contributed by atoms with Crippen LogP contribution in [0.5, 0.6) is 0 Å². The van der Waals surface area contributed by atoms with Gasteiger partial charge in [-0.2, -0.15) is 0 Å². The van der Waals surface area contributed by atoms with Crippen LogP contribution in [0.15, 0.2) is 18.5 Å². The number of fused-ring (bicyclic) bond motifs is 1. The Hall–Kier alpha value is -0.750. The van der Waals surface area contributed by atoms with E-state index in [1.165, 1.54) is 11.5 Å². The van der Waals surface area contributed by atoms with Crippen LogP contribution in [0.1, 0.15) is 0 Å². The molecular weight excluding hydrogens is 228 g/mol. The van der Waals surface area contributed by atoms with Gasteiger partial charge in [-0.05, 0) is 4.98 Å². The molecule has 0 aliphatic heterocycles. The van der Waals surface area contributed by atoms with Gasteiger partial charge in [0.2, 0.25) is 0 Å². The van der Waals surface area contributed by atoms with E-state index in [2.05, 4.69) is 9.97 Å². The molecule has 0 spiro atoms. The smallest absolute Gasteiger partial charge is 0.451 e. The molecule has 2 aromatic heterocycles. The Balaban J connectivity index is 0.000000605. The molecule has 0 bridgehead atoms. The summed E-state index contributed by atoms with van der Waals surface area (Å²) in [6.45, 7) is 0. The lowest BCUT2D eigenvalue weighted by atomic mass is 10.7. The quantitative estimate of drug-likeness (QED) is 0.489. The van der Waals surface area contributed by atoms with E-state index in [1.54, 1.807) is 6.20 Å². The average Bonchev–Trinajstić information content (AvgIpc) is 2.27. The molecule has 2 aromatic rings. The van der Waals surface area contributed by atoms with Crippen molar-refractivity contribution < 1.29 is 20.8 Å². The topological polar surface area (TPSA) is 55.9 Å². The van der Waals surface area contributed by atoms with Crippen LogP contribution in [0.4, 0.5) is 5.13 Å². The second kappa shape index (κ2) is 3.10. The maximum absolute atomic E-state index is 5.44. The van der Waals surface area contributed by atoms with E-state index in [4.69, 9.17) is 5.73 Å². The fourth-order valence-corrected chi connectivity index (χ4v) is 1.34. The van der Waals surface area contributed by atoms with E-state index in [-0.39, 0.29) is 17.0 Å². The highest BCUT2D eigenvalue weighted by Gasteiger charge is 2.07. The van der Waals surface area contributed by atoms with Crippen molar-refractivity contribution in [3.63, 3.8) is 0 Å². The van der Waals surface area contributed by atoms with Gasteiger partial charge in [0.1, 0.15) is 6.20 Å². The number of nitrogen functional groups attached to an aromatic ring is 1. The van der Waals surface area contributed by atoms with Crippen LogP contribution in [0, 0.1) is 0 Å². The first-order valence-electron chi connectivity index (χ1n) is 2.75. The molecule has 2 heterocycles. The van der Waals surface area contributed by atoms with Crippen LogP contribution >= 0.6 is 11.5 Å². The predicted molar refractivity (Wildman–Crippen MR) is 37.5 cm³/mol. The zero-order valence-corrected chi connectivity index (χ0v) is 7.84. The number of hydrogen-bond acceptors (Lipinski definition) is 4. The first-order valence-corrected chi connectivity index (χ1v) is 3.53. The predicted octanol–water partition coefficient (Wildman–Crippen LogP) is -3.14. The SMILES string of the molecule is Nc1nc2nccc[n+]2s1.[Br-]. The molecule has 0 aromatic carbocycles. The Kier molecular flexibility index (Phi) is 2.35. The van der Waals surface area contributed by atoms with Crippen LogP contribution < -0.4 is 26.5 Å². The fraction of sp³-hybridized carbons (Fsp3) is 0. The molecule has 0 fully saturated rings. The zero-order valence-electron chi connectivity index (χ0n) is 5.44. The van der Waals surface area contributed by atoms with Gasteiger partial charge in [-0.3, -0.25) is 0 Å². The first kappa shape index (κ1) is 8.35. The Morgan fingerprint density at radius 1 is 1.55 bits per heavy atom. The van der Waals surface area contributed by atoms with Crippen LogP contribution in [-0.2, 0) is 0 Å². The molecule has 0 aliphatic rings. The molecule has 2 rings (SSSR count). The highest BCUT2D eigenvalue weighted by atomic mass is 79.9. The third-order valence-electron chi connectivity index (χ3n) is 1.10. The van der Waals surface area contributed by atoms with Crippen LogP contribution in [0.2, 0.25) is 0 Å². The second-order valence-corrected chi connectivity index (χ2v) is 2.78. The molecule has 0 aliphatic carbocycles. The summed E-state index contributed by atoms with van der Waals surface area (Å²) >= 11 is 1.37. The summed E-state index contributed by atoms with van der Waals surface area (Å²) in [5, 5.41) is 0.540. The first-order chi connectivity index (χ1) is 4.86. The number of nitrogens with zero attached hydrogens (tertiary/aromatic N) is 3. The van der Waals surface area contributed by atoms with Crippen molar-refractivity contribution in [3.8, 4) is 0 Å². The number of nitrogens with two attached hydrogens (primary N) is 1. The van der Waals surface area contributed by atoms with Crippen molar-refractivity contribution in [1.29, 1.82) is 0 Å². The molecule has 58 valence electrons. The van der Waals surface area contributed by atoms with Gasteiger partial charge >= 0.3 is 5.78 Å². The molecule has 0 saturated heterocycles. The van der Waals surface area contributed by atoms with Gasteiger partial charge in [0, 0.05) is 6.07 Å². The number of rotatable bonds is 0. The lowest BCUT2D eigenvalue weighted by Crippen LogP contribution is -3.00. The molecule has 11 heavy (non-hydrogen) atoms. The molecule has 2 N–H and O–H groups in total. The van der Waals surface area contributed by atoms with Gasteiger partial charge in [0.15, 0.2) is 0 Å². The van der Waals surface area contributed by atoms with Crippen molar-refractivity contribution >= 4 is 22.4 Å². The maximum Gasteiger partial charge on any atom is 0.451 e.